The van der Waals surface area contributed by atoms with Crippen molar-refractivity contribution in [3.8, 4) is 18.2 Å². The predicted octanol–water partition coefficient (Wildman–Crippen LogP) is 5.52. The van der Waals surface area contributed by atoms with E-state index in [9.17, 15) is 0 Å². The molecule has 0 heterocycles. The van der Waals surface area contributed by atoms with Gasteiger partial charge in [-0.15, -0.1) is 11.8 Å². The van der Waals surface area contributed by atoms with Crippen molar-refractivity contribution in [1.29, 1.82) is 15.8 Å². The van der Waals surface area contributed by atoms with Crippen molar-refractivity contribution < 1.29 is 0 Å². The molecule has 4 nitrogen and oxygen atoms in total. The van der Waals surface area contributed by atoms with Crippen LogP contribution in [0, 0.1) is 34.0 Å². The monoisotopic (exact) mass is 384 g/mol. The SMILES string of the molecule is N#CC(C#N)=C(C#N)Nc1ccc(SCc2ccc(Cl)cc2Cl)cc1. The molecule has 0 fully saturated rings. The first kappa shape index (κ1) is 18.7. The number of anilines is 1. The van der Waals surface area contributed by atoms with Gasteiger partial charge in [-0.1, -0.05) is 29.3 Å². The number of hydrogen-bond acceptors (Lipinski definition) is 5. The normalized spacial score (nSPS) is 9.40. The Kier molecular flexibility index (Phi) is 6.75. The van der Waals surface area contributed by atoms with Crippen LogP contribution in [0.2, 0.25) is 10.0 Å². The molecule has 0 bridgehead atoms. The van der Waals surface area contributed by atoms with Gasteiger partial charge >= 0.3 is 0 Å². The lowest BCUT2D eigenvalue weighted by Gasteiger charge is -2.07. The number of nitrogens with zero attached hydrogens (tertiary/aromatic N) is 3. The second kappa shape index (κ2) is 9.02. The third-order valence-electron chi connectivity index (χ3n) is 3.12. The molecule has 0 aromatic heterocycles. The van der Waals surface area contributed by atoms with Gasteiger partial charge in [0.25, 0.3) is 0 Å². The maximum atomic E-state index is 9.03. The molecule has 2 aromatic carbocycles. The summed E-state index contributed by atoms with van der Waals surface area (Å²) in [6.45, 7) is 0. The van der Waals surface area contributed by atoms with Gasteiger partial charge in [0.05, 0.1) is 0 Å². The number of nitriles is 3. The van der Waals surface area contributed by atoms with E-state index in [1.165, 1.54) is 0 Å². The Morgan fingerprint density at radius 3 is 2.20 bits per heavy atom. The summed E-state index contributed by atoms with van der Waals surface area (Å²) in [5.41, 5.74) is 1.28. The number of benzene rings is 2. The number of allylic oxidation sites excluding steroid dienone is 2. The van der Waals surface area contributed by atoms with Gasteiger partial charge in [-0.05, 0) is 42.0 Å². The smallest absolute Gasteiger partial charge is 0.163 e. The summed E-state index contributed by atoms with van der Waals surface area (Å²) >= 11 is 13.6. The molecule has 0 saturated carbocycles. The minimum Gasteiger partial charge on any atom is -0.345 e. The van der Waals surface area contributed by atoms with E-state index in [-0.39, 0.29) is 11.3 Å². The number of halogens is 2. The van der Waals surface area contributed by atoms with E-state index < -0.39 is 0 Å². The van der Waals surface area contributed by atoms with Crippen LogP contribution in [0.4, 0.5) is 5.69 Å². The maximum absolute atomic E-state index is 9.03. The Morgan fingerprint density at radius 1 is 0.960 bits per heavy atom. The number of nitrogens with one attached hydrogen (secondary N) is 1. The zero-order chi connectivity index (χ0) is 18.2. The summed E-state index contributed by atoms with van der Waals surface area (Å²) in [6.07, 6.45) is 0. The molecule has 2 aromatic rings. The van der Waals surface area contributed by atoms with Gasteiger partial charge in [0.1, 0.15) is 23.9 Å². The maximum Gasteiger partial charge on any atom is 0.163 e. The molecule has 0 aliphatic heterocycles. The summed E-state index contributed by atoms with van der Waals surface area (Å²) in [7, 11) is 0. The Bertz CT molecular complexity index is 916. The molecular weight excluding hydrogens is 375 g/mol. The fourth-order valence-corrected chi connectivity index (χ4v) is 3.32. The zero-order valence-corrected chi connectivity index (χ0v) is 15.1. The molecule has 0 unspecified atom stereocenters. The van der Waals surface area contributed by atoms with E-state index in [4.69, 9.17) is 39.0 Å². The van der Waals surface area contributed by atoms with E-state index in [0.29, 0.717) is 21.5 Å². The molecule has 0 spiro atoms. The molecule has 0 atom stereocenters. The van der Waals surface area contributed by atoms with E-state index in [0.717, 1.165) is 10.5 Å². The molecule has 0 aliphatic carbocycles. The van der Waals surface area contributed by atoms with Gasteiger partial charge in [0.15, 0.2) is 5.57 Å². The van der Waals surface area contributed by atoms with Gasteiger partial charge in [-0.3, -0.25) is 0 Å². The quantitative estimate of drug-likeness (QED) is 0.541. The van der Waals surface area contributed by atoms with Crippen molar-refractivity contribution in [2.75, 3.05) is 5.32 Å². The highest BCUT2D eigenvalue weighted by atomic mass is 35.5. The molecule has 0 aliphatic rings. The van der Waals surface area contributed by atoms with Crippen LogP contribution in [0.15, 0.2) is 58.6 Å². The molecule has 0 saturated heterocycles. The van der Waals surface area contributed by atoms with Gasteiger partial charge < -0.3 is 5.32 Å². The largest absolute Gasteiger partial charge is 0.345 e. The molecule has 122 valence electrons. The second-order valence-electron chi connectivity index (χ2n) is 4.76. The molecule has 1 N–H and O–H groups in total. The molecule has 0 amide bonds. The van der Waals surface area contributed by atoms with Crippen LogP contribution in [-0.4, -0.2) is 0 Å². The zero-order valence-electron chi connectivity index (χ0n) is 12.8. The van der Waals surface area contributed by atoms with Crippen molar-refractivity contribution in [1.82, 2.24) is 0 Å². The molecule has 7 heteroatoms. The van der Waals surface area contributed by atoms with E-state index in [1.807, 2.05) is 24.3 Å². The van der Waals surface area contributed by atoms with Crippen molar-refractivity contribution >= 4 is 40.7 Å². The Hall–Kier alpha value is -2.62. The lowest BCUT2D eigenvalue weighted by Crippen LogP contribution is -2.00. The van der Waals surface area contributed by atoms with Crippen molar-refractivity contribution in [2.45, 2.75) is 10.6 Å². The van der Waals surface area contributed by atoms with Crippen LogP contribution < -0.4 is 5.32 Å². The van der Waals surface area contributed by atoms with Crippen molar-refractivity contribution in [2.24, 2.45) is 0 Å². The van der Waals surface area contributed by atoms with Crippen LogP contribution in [0.1, 0.15) is 5.56 Å². The highest BCUT2D eigenvalue weighted by Crippen LogP contribution is 2.29. The van der Waals surface area contributed by atoms with Crippen LogP contribution in [-0.2, 0) is 5.75 Å². The Morgan fingerprint density at radius 2 is 1.64 bits per heavy atom. The molecule has 2 rings (SSSR count). The topological polar surface area (TPSA) is 83.4 Å². The molecular formula is C18H10Cl2N4S. The average molecular weight is 385 g/mol. The van der Waals surface area contributed by atoms with Gasteiger partial charge in [0, 0.05) is 26.4 Å². The van der Waals surface area contributed by atoms with Crippen LogP contribution in [0.3, 0.4) is 0 Å². The summed E-state index contributed by atoms with van der Waals surface area (Å²) in [5.74, 6) is 0.694. The summed E-state index contributed by atoms with van der Waals surface area (Å²) in [6, 6.07) is 17.9. The average Bonchev–Trinajstić information content (AvgIpc) is 2.62. The fourth-order valence-electron chi connectivity index (χ4n) is 1.86. The first-order chi connectivity index (χ1) is 12.1. The Labute approximate surface area is 159 Å². The van der Waals surface area contributed by atoms with Crippen LogP contribution in [0.5, 0.6) is 0 Å². The van der Waals surface area contributed by atoms with Crippen LogP contribution >= 0.6 is 35.0 Å². The van der Waals surface area contributed by atoms with Crippen LogP contribution in [0.25, 0.3) is 0 Å². The highest BCUT2D eigenvalue weighted by Gasteiger charge is 2.07. The standard InChI is InChI=1S/C18H10Cl2N4S/c19-14-2-1-12(17(20)7-14)11-25-16-5-3-15(4-6-16)24-18(10-23)13(8-21)9-22/h1-7,24H,11H2. The third kappa shape index (κ3) is 5.18. The predicted molar refractivity (Wildman–Crippen MR) is 100.0 cm³/mol. The van der Waals surface area contributed by atoms with E-state index in [2.05, 4.69) is 5.32 Å². The minimum atomic E-state index is -0.252. The summed E-state index contributed by atoms with van der Waals surface area (Å²) in [4.78, 5) is 1.01. The number of hydrogen-bond donors (Lipinski definition) is 1. The summed E-state index contributed by atoms with van der Waals surface area (Å²) in [5, 5.41) is 30.7. The highest BCUT2D eigenvalue weighted by molar-refractivity contribution is 7.98. The van der Waals surface area contributed by atoms with Gasteiger partial charge in [0.2, 0.25) is 0 Å². The van der Waals surface area contributed by atoms with Gasteiger partial charge in [-0.2, -0.15) is 15.8 Å². The third-order valence-corrected chi connectivity index (χ3v) is 4.77. The lowest BCUT2D eigenvalue weighted by molar-refractivity contribution is 1.35. The molecule has 25 heavy (non-hydrogen) atoms. The first-order valence-corrected chi connectivity index (χ1v) is 8.70. The fraction of sp³-hybridized carbons (Fsp3) is 0.0556. The second-order valence-corrected chi connectivity index (χ2v) is 6.65. The van der Waals surface area contributed by atoms with E-state index in [1.54, 1.807) is 48.2 Å². The lowest BCUT2D eigenvalue weighted by atomic mass is 10.2. The van der Waals surface area contributed by atoms with Gasteiger partial charge in [-0.25, -0.2) is 0 Å². The minimum absolute atomic E-state index is 0.0710. The number of thioether (sulfide) groups is 1. The number of rotatable bonds is 5. The van der Waals surface area contributed by atoms with E-state index >= 15 is 0 Å². The summed E-state index contributed by atoms with van der Waals surface area (Å²) < 4.78 is 0. The molecule has 0 radical (unpaired) electrons. The Balaban J connectivity index is 2.05. The van der Waals surface area contributed by atoms with Crippen molar-refractivity contribution in [3.05, 3.63) is 69.3 Å². The first-order valence-electron chi connectivity index (χ1n) is 6.95. The van der Waals surface area contributed by atoms with Crippen molar-refractivity contribution in [3.63, 3.8) is 0 Å².